The third-order valence-corrected chi connectivity index (χ3v) is 2.86. The third-order valence-electron chi connectivity index (χ3n) is 2.61. The first-order valence-electron chi connectivity index (χ1n) is 6.46. The van der Waals surface area contributed by atoms with E-state index < -0.39 is 0 Å². The van der Waals surface area contributed by atoms with Gasteiger partial charge in [-0.25, -0.2) is 0 Å². The van der Waals surface area contributed by atoms with Gasteiger partial charge in [0.2, 0.25) is 0 Å². The second kappa shape index (κ2) is 8.37. The fourth-order valence-electron chi connectivity index (χ4n) is 1.76. The van der Waals surface area contributed by atoms with Crippen LogP contribution in [0.3, 0.4) is 0 Å². The van der Waals surface area contributed by atoms with Crippen LogP contribution >= 0.6 is 12.2 Å². The van der Waals surface area contributed by atoms with Gasteiger partial charge in [-0.05, 0) is 55.7 Å². The monoisotopic (exact) mass is 295 g/mol. The predicted molar refractivity (Wildman–Crippen MR) is 84.5 cm³/mol. The molecule has 0 saturated carbocycles. The van der Waals surface area contributed by atoms with Crippen LogP contribution in [-0.2, 0) is 9.53 Å². The number of rotatable bonds is 6. The van der Waals surface area contributed by atoms with Gasteiger partial charge in [-0.1, -0.05) is 6.07 Å². The van der Waals surface area contributed by atoms with E-state index in [1.54, 1.807) is 0 Å². The molecule has 3 N–H and O–H groups in total. The number of hydrogen-bond donors (Lipinski definition) is 3. The number of ether oxygens (including phenoxy) is 1. The molecule has 0 heterocycles. The SMILES string of the molecule is COC(=O)CCCNC(=S)NNc1cc(C)cc(C)c1. The lowest BCUT2D eigenvalue weighted by Gasteiger charge is -2.13. The molecule has 0 amide bonds. The van der Waals surface area contributed by atoms with Crippen LogP contribution in [0.15, 0.2) is 18.2 Å². The molecule has 0 unspecified atom stereocenters. The van der Waals surface area contributed by atoms with E-state index >= 15 is 0 Å². The van der Waals surface area contributed by atoms with Crippen molar-refractivity contribution in [2.24, 2.45) is 0 Å². The Hall–Kier alpha value is -1.82. The molecule has 0 atom stereocenters. The van der Waals surface area contributed by atoms with Crippen molar-refractivity contribution in [3.05, 3.63) is 29.3 Å². The van der Waals surface area contributed by atoms with Crippen LogP contribution in [0, 0.1) is 13.8 Å². The Morgan fingerprint density at radius 1 is 1.25 bits per heavy atom. The van der Waals surface area contributed by atoms with E-state index in [1.807, 2.05) is 26.0 Å². The van der Waals surface area contributed by atoms with Crippen molar-refractivity contribution in [1.29, 1.82) is 0 Å². The summed E-state index contributed by atoms with van der Waals surface area (Å²) < 4.78 is 4.56. The molecule has 6 heteroatoms. The normalized spacial score (nSPS) is 9.75. The summed E-state index contributed by atoms with van der Waals surface area (Å²) in [6.07, 6.45) is 1.06. The summed E-state index contributed by atoms with van der Waals surface area (Å²) in [6, 6.07) is 6.16. The average Bonchev–Trinajstić information content (AvgIpc) is 2.40. The zero-order valence-corrected chi connectivity index (χ0v) is 12.9. The van der Waals surface area contributed by atoms with Crippen molar-refractivity contribution in [2.75, 3.05) is 19.1 Å². The fourth-order valence-corrected chi connectivity index (χ4v) is 1.91. The van der Waals surface area contributed by atoms with E-state index in [1.165, 1.54) is 18.2 Å². The number of esters is 1. The number of thiocarbonyl (C=S) groups is 1. The minimum absolute atomic E-state index is 0.209. The van der Waals surface area contributed by atoms with E-state index in [-0.39, 0.29) is 5.97 Å². The second-order valence-corrected chi connectivity index (χ2v) is 4.97. The lowest BCUT2D eigenvalue weighted by atomic mass is 10.1. The summed E-state index contributed by atoms with van der Waals surface area (Å²) in [6.45, 7) is 4.71. The van der Waals surface area contributed by atoms with Crippen molar-refractivity contribution in [3.63, 3.8) is 0 Å². The molecule has 1 aromatic rings. The number of hydrogen-bond acceptors (Lipinski definition) is 4. The highest BCUT2D eigenvalue weighted by Gasteiger charge is 2.00. The number of hydrazine groups is 1. The largest absolute Gasteiger partial charge is 0.469 e. The van der Waals surface area contributed by atoms with Crippen molar-refractivity contribution in [2.45, 2.75) is 26.7 Å². The maximum Gasteiger partial charge on any atom is 0.305 e. The zero-order chi connectivity index (χ0) is 15.0. The minimum atomic E-state index is -0.209. The molecule has 0 spiro atoms. The summed E-state index contributed by atoms with van der Waals surface area (Å²) in [5.74, 6) is -0.209. The lowest BCUT2D eigenvalue weighted by Crippen LogP contribution is -2.39. The number of carbonyl (C=O) groups is 1. The van der Waals surface area contributed by atoms with Gasteiger partial charge in [0, 0.05) is 13.0 Å². The number of methoxy groups -OCH3 is 1. The minimum Gasteiger partial charge on any atom is -0.469 e. The first-order chi connectivity index (χ1) is 9.51. The van der Waals surface area contributed by atoms with E-state index in [0.29, 0.717) is 24.5 Å². The van der Waals surface area contributed by atoms with Crippen LogP contribution in [0.5, 0.6) is 0 Å². The van der Waals surface area contributed by atoms with Gasteiger partial charge in [0.05, 0.1) is 12.8 Å². The van der Waals surface area contributed by atoms with Crippen molar-refractivity contribution < 1.29 is 9.53 Å². The van der Waals surface area contributed by atoms with Crippen LogP contribution in [0.1, 0.15) is 24.0 Å². The predicted octanol–water partition coefficient (Wildman–Crippen LogP) is 2.05. The molecule has 0 fully saturated rings. The number of anilines is 1. The Morgan fingerprint density at radius 2 is 1.90 bits per heavy atom. The highest BCUT2D eigenvalue weighted by atomic mass is 32.1. The van der Waals surface area contributed by atoms with Crippen molar-refractivity contribution in [3.8, 4) is 0 Å². The highest BCUT2D eigenvalue weighted by molar-refractivity contribution is 7.80. The summed E-state index contributed by atoms with van der Waals surface area (Å²) in [5, 5.41) is 3.51. The van der Waals surface area contributed by atoms with E-state index in [0.717, 1.165) is 5.69 Å². The first-order valence-corrected chi connectivity index (χ1v) is 6.87. The van der Waals surface area contributed by atoms with Crippen LogP contribution < -0.4 is 16.2 Å². The topological polar surface area (TPSA) is 62.4 Å². The van der Waals surface area contributed by atoms with E-state index in [4.69, 9.17) is 12.2 Å². The third kappa shape index (κ3) is 6.38. The summed E-state index contributed by atoms with van der Waals surface area (Å²) in [7, 11) is 1.38. The molecule has 0 bridgehead atoms. The fraction of sp³-hybridized carbons (Fsp3) is 0.429. The van der Waals surface area contributed by atoms with Gasteiger partial charge in [0.15, 0.2) is 5.11 Å². The summed E-state index contributed by atoms with van der Waals surface area (Å²) in [4.78, 5) is 10.9. The molecule has 110 valence electrons. The molecule has 0 aliphatic carbocycles. The maximum absolute atomic E-state index is 10.9. The standard InChI is InChI=1S/C14H21N3O2S/c1-10-7-11(2)9-12(8-10)16-17-14(20)15-6-4-5-13(18)19-3/h7-9,16H,4-6H2,1-3H3,(H2,15,17,20). The van der Waals surface area contributed by atoms with Gasteiger partial charge in [-0.3, -0.25) is 15.6 Å². The molecule has 5 nitrogen and oxygen atoms in total. The molecule has 1 rings (SSSR count). The smallest absolute Gasteiger partial charge is 0.305 e. The molecule has 0 aliphatic heterocycles. The van der Waals surface area contributed by atoms with Crippen LogP contribution in [0.2, 0.25) is 0 Å². The molecule has 20 heavy (non-hydrogen) atoms. The van der Waals surface area contributed by atoms with Crippen molar-refractivity contribution in [1.82, 2.24) is 10.7 Å². The van der Waals surface area contributed by atoms with Gasteiger partial charge in [-0.15, -0.1) is 0 Å². The molecule has 0 aromatic heterocycles. The number of benzene rings is 1. The molecular weight excluding hydrogens is 274 g/mol. The zero-order valence-electron chi connectivity index (χ0n) is 12.1. The van der Waals surface area contributed by atoms with E-state index in [9.17, 15) is 4.79 Å². The second-order valence-electron chi connectivity index (χ2n) is 4.56. The summed E-state index contributed by atoms with van der Waals surface area (Å²) >= 11 is 5.13. The molecule has 0 radical (unpaired) electrons. The van der Waals surface area contributed by atoms with Gasteiger partial charge in [-0.2, -0.15) is 0 Å². The van der Waals surface area contributed by atoms with Crippen LogP contribution in [0.25, 0.3) is 0 Å². The Labute approximate surface area is 125 Å². The Kier molecular flexibility index (Phi) is 6.79. The lowest BCUT2D eigenvalue weighted by molar-refractivity contribution is -0.140. The maximum atomic E-state index is 10.9. The summed E-state index contributed by atoms with van der Waals surface area (Å²) in [5.41, 5.74) is 9.28. The van der Waals surface area contributed by atoms with Gasteiger partial charge >= 0.3 is 5.97 Å². The highest BCUT2D eigenvalue weighted by Crippen LogP contribution is 2.12. The molecule has 1 aromatic carbocycles. The van der Waals surface area contributed by atoms with E-state index in [2.05, 4.69) is 27.0 Å². The van der Waals surface area contributed by atoms with Crippen LogP contribution in [0.4, 0.5) is 5.69 Å². The number of aryl methyl sites for hydroxylation is 2. The van der Waals surface area contributed by atoms with Gasteiger partial charge in [0.1, 0.15) is 0 Å². The Bertz CT molecular complexity index is 457. The van der Waals surface area contributed by atoms with Crippen LogP contribution in [-0.4, -0.2) is 24.7 Å². The Balaban J connectivity index is 2.24. The first kappa shape index (κ1) is 16.2. The Morgan fingerprint density at radius 3 is 2.50 bits per heavy atom. The average molecular weight is 295 g/mol. The number of carbonyl (C=O) groups excluding carboxylic acids is 1. The molecular formula is C14H21N3O2S. The number of nitrogens with one attached hydrogen (secondary N) is 3. The van der Waals surface area contributed by atoms with Crippen molar-refractivity contribution >= 4 is 29.0 Å². The van der Waals surface area contributed by atoms with Gasteiger partial charge in [0.25, 0.3) is 0 Å². The quantitative estimate of drug-likeness (QED) is 0.323. The molecule has 0 aliphatic rings. The molecule has 0 saturated heterocycles. The van der Waals surface area contributed by atoms with Gasteiger partial charge < -0.3 is 10.1 Å².